The maximum absolute atomic E-state index is 3.63. The van der Waals surface area contributed by atoms with Gasteiger partial charge in [0.25, 0.3) is 0 Å². The second kappa shape index (κ2) is 6.19. The Labute approximate surface area is 118 Å². The fourth-order valence-electron chi connectivity index (χ4n) is 2.24. The van der Waals surface area contributed by atoms with E-state index in [2.05, 4.69) is 72.2 Å². The monoisotopic (exact) mass is 302 g/mol. The molecule has 2 aromatic rings. The molecule has 0 aliphatic heterocycles. The average molecular weight is 303 g/mol. The van der Waals surface area contributed by atoms with Gasteiger partial charge in [-0.3, -0.25) is 0 Å². The van der Waals surface area contributed by atoms with Crippen molar-refractivity contribution >= 4 is 15.9 Å². The molecule has 18 heavy (non-hydrogen) atoms. The van der Waals surface area contributed by atoms with Gasteiger partial charge in [0.15, 0.2) is 0 Å². The molecule has 0 saturated heterocycles. The molecule has 0 bridgehead atoms. The number of hydrogen-bond acceptors (Lipinski definition) is 0. The molecule has 0 heterocycles. The van der Waals surface area contributed by atoms with Gasteiger partial charge in [0.05, 0.1) is 0 Å². The second-order valence-corrected chi connectivity index (χ2v) is 5.59. The van der Waals surface area contributed by atoms with Crippen LogP contribution in [-0.2, 0) is 6.42 Å². The Hall–Kier alpha value is -1.08. The first-order chi connectivity index (χ1) is 8.72. The van der Waals surface area contributed by atoms with Crippen LogP contribution in [0, 0.1) is 6.92 Å². The Balaban J connectivity index is 2.33. The van der Waals surface area contributed by atoms with E-state index in [1.807, 2.05) is 0 Å². The Morgan fingerprint density at radius 1 is 1.00 bits per heavy atom. The van der Waals surface area contributed by atoms with E-state index in [1.165, 1.54) is 41.5 Å². The molecule has 0 aliphatic carbocycles. The molecule has 0 amide bonds. The first-order valence-corrected chi connectivity index (χ1v) is 7.36. The lowest BCUT2D eigenvalue weighted by atomic mass is 9.97. The highest BCUT2D eigenvalue weighted by Crippen LogP contribution is 2.30. The fourth-order valence-corrected chi connectivity index (χ4v) is 2.74. The van der Waals surface area contributed by atoms with E-state index in [0.29, 0.717) is 0 Å². The van der Waals surface area contributed by atoms with Gasteiger partial charge < -0.3 is 0 Å². The normalized spacial score (nSPS) is 10.6. The fraction of sp³-hybridized carbons (Fsp3) is 0.294. The summed E-state index contributed by atoms with van der Waals surface area (Å²) in [4.78, 5) is 0. The van der Waals surface area contributed by atoms with Crippen molar-refractivity contribution < 1.29 is 0 Å². The maximum Gasteiger partial charge on any atom is 0.0253 e. The lowest BCUT2D eigenvalue weighted by molar-refractivity contribution is 0.794. The Kier molecular flexibility index (Phi) is 4.60. The summed E-state index contributed by atoms with van der Waals surface area (Å²) in [6.45, 7) is 4.44. The third-order valence-electron chi connectivity index (χ3n) is 3.27. The Morgan fingerprint density at radius 2 is 1.78 bits per heavy atom. The molecule has 0 saturated carbocycles. The van der Waals surface area contributed by atoms with Crippen LogP contribution in [-0.4, -0.2) is 0 Å². The number of aryl methyl sites for hydroxylation is 2. The zero-order valence-electron chi connectivity index (χ0n) is 11.0. The molecule has 0 aliphatic rings. The summed E-state index contributed by atoms with van der Waals surface area (Å²) in [7, 11) is 0. The lowest BCUT2D eigenvalue weighted by Crippen LogP contribution is -1.89. The summed E-state index contributed by atoms with van der Waals surface area (Å²) in [6, 6.07) is 15.2. The van der Waals surface area contributed by atoms with Crippen LogP contribution in [0.5, 0.6) is 0 Å². The van der Waals surface area contributed by atoms with Crippen molar-refractivity contribution in [3.63, 3.8) is 0 Å². The van der Waals surface area contributed by atoms with Crippen LogP contribution in [0.4, 0.5) is 0 Å². The van der Waals surface area contributed by atoms with Gasteiger partial charge in [-0.15, -0.1) is 0 Å². The molecule has 2 aromatic carbocycles. The van der Waals surface area contributed by atoms with Gasteiger partial charge in [-0.2, -0.15) is 0 Å². The summed E-state index contributed by atoms with van der Waals surface area (Å²) < 4.78 is 1.16. The van der Waals surface area contributed by atoms with Crippen LogP contribution in [0.2, 0.25) is 0 Å². The number of unbranched alkanes of at least 4 members (excludes halogenated alkanes) is 1. The molecule has 0 N–H and O–H groups in total. The molecule has 0 nitrogen and oxygen atoms in total. The number of halogens is 1. The highest BCUT2D eigenvalue weighted by Gasteiger charge is 2.06. The smallest absolute Gasteiger partial charge is 0.0253 e. The molecule has 0 spiro atoms. The highest BCUT2D eigenvalue weighted by molar-refractivity contribution is 9.10. The molecule has 2 rings (SSSR count). The molecule has 0 fully saturated rings. The van der Waals surface area contributed by atoms with Crippen molar-refractivity contribution in [3.05, 3.63) is 58.1 Å². The second-order valence-electron chi connectivity index (χ2n) is 4.73. The molecule has 1 heteroatoms. The van der Waals surface area contributed by atoms with Crippen LogP contribution in [0.3, 0.4) is 0 Å². The van der Waals surface area contributed by atoms with Crippen LogP contribution in [0.15, 0.2) is 46.9 Å². The minimum atomic E-state index is 1.16. The molecule has 94 valence electrons. The van der Waals surface area contributed by atoms with Crippen molar-refractivity contribution in [2.24, 2.45) is 0 Å². The van der Waals surface area contributed by atoms with Gasteiger partial charge >= 0.3 is 0 Å². The van der Waals surface area contributed by atoms with E-state index in [0.717, 1.165) is 4.47 Å². The van der Waals surface area contributed by atoms with Gasteiger partial charge in [0, 0.05) is 4.47 Å². The SMILES string of the molecule is CCCCc1ccc(-c2ccccc2Br)c(C)c1. The summed E-state index contributed by atoms with van der Waals surface area (Å²) in [6.07, 6.45) is 3.71. The minimum absolute atomic E-state index is 1.16. The molecule has 0 unspecified atom stereocenters. The third kappa shape index (κ3) is 3.02. The van der Waals surface area contributed by atoms with Gasteiger partial charge in [-0.25, -0.2) is 0 Å². The van der Waals surface area contributed by atoms with Gasteiger partial charge in [0.1, 0.15) is 0 Å². The van der Waals surface area contributed by atoms with Crippen molar-refractivity contribution in [1.82, 2.24) is 0 Å². The predicted octanol–water partition coefficient (Wildman–Crippen LogP) is 5.77. The minimum Gasteiger partial charge on any atom is -0.0654 e. The summed E-state index contributed by atoms with van der Waals surface area (Å²) in [5.74, 6) is 0. The standard InChI is InChI=1S/C17H19Br/c1-3-4-7-14-10-11-15(13(2)12-14)16-8-5-6-9-17(16)18/h5-6,8-12H,3-4,7H2,1-2H3. The largest absolute Gasteiger partial charge is 0.0654 e. The average Bonchev–Trinajstić information content (AvgIpc) is 2.38. The molecule has 0 aromatic heterocycles. The number of hydrogen-bond donors (Lipinski definition) is 0. The van der Waals surface area contributed by atoms with Crippen molar-refractivity contribution in [1.29, 1.82) is 0 Å². The van der Waals surface area contributed by atoms with E-state index >= 15 is 0 Å². The van der Waals surface area contributed by atoms with E-state index < -0.39 is 0 Å². The van der Waals surface area contributed by atoms with E-state index in [9.17, 15) is 0 Å². The molecular weight excluding hydrogens is 284 g/mol. The van der Waals surface area contributed by atoms with Crippen LogP contribution < -0.4 is 0 Å². The first-order valence-electron chi connectivity index (χ1n) is 6.57. The number of benzene rings is 2. The van der Waals surface area contributed by atoms with Crippen LogP contribution >= 0.6 is 15.9 Å². The van der Waals surface area contributed by atoms with Crippen LogP contribution in [0.1, 0.15) is 30.9 Å². The van der Waals surface area contributed by atoms with Crippen LogP contribution in [0.25, 0.3) is 11.1 Å². The topological polar surface area (TPSA) is 0 Å². The quantitative estimate of drug-likeness (QED) is 0.673. The first kappa shape index (κ1) is 13.4. The Morgan fingerprint density at radius 3 is 2.44 bits per heavy atom. The molecule has 0 atom stereocenters. The van der Waals surface area contributed by atoms with E-state index in [4.69, 9.17) is 0 Å². The zero-order valence-corrected chi connectivity index (χ0v) is 12.6. The third-order valence-corrected chi connectivity index (χ3v) is 3.97. The highest BCUT2D eigenvalue weighted by atomic mass is 79.9. The Bertz CT molecular complexity index is 529. The van der Waals surface area contributed by atoms with Crippen molar-refractivity contribution in [3.8, 4) is 11.1 Å². The van der Waals surface area contributed by atoms with E-state index in [1.54, 1.807) is 0 Å². The summed E-state index contributed by atoms with van der Waals surface area (Å²) in [5, 5.41) is 0. The lowest BCUT2D eigenvalue weighted by Gasteiger charge is -2.10. The summed E-state index contributed by atoms with van der Waals surface area (Å²) in [5.41, 5.74) is 5.40. The zero-order chi connectivity index (χ0) is 13.0. The maximum atomic E-state index is 3.63. The van der Waals surface area contributed by atoms with Gasteiger partial charge in [0.2, 0.25) is 0 Å². The predicted molar refractivity (Wildman–Crippen MR) is 82.9 cm³/mol. The number of rotatable bonds is 4. The molecule has 0 radical (unpaired) electrons. The molecular formula is C17H19Br. The van der Waals surface area contributed by atoms with Gasteiger partial charge in [-0.05, 0) is 48.1 Å². The van der Waals surface area contributed by atoms with E-state index in [-0.39, 0.29) is 0 Å². The summed E-state index contributed by atoms with van der Waals surface area (Å²) >= 11 is 3.63. The van der Waals surface area contributed by atoms with Gasteiger partial charge in [-0.1, -0.05) is 65.7 Å². The van der Waals surface area contributed by atoms with Crippen molar-refractivity contribution in [2.75, 3.05) is 0 Å². The van der Waals surface area contributed by atoms with Crippen molar-refractivity contribution in [2.45, 2.75) is 33.1 Å².